The summed E-state index contributed by atoms with van der Waals surface area (Å²) in [4.78, 5) is 6.95. The van der Waals surface area contributed by atoms with Crippen molar-refractivity contribution in [2.45, 2.75) is 6.61 Å². The maximum absolute atomic E-state index is 14.0. The Hall–Kier alpha value is -2.36. The molecule has 3 nitrogen and oxygen atoms in total. The van der Waals surface area contributed by atoms with Crippen LogP contribution in [0.5, 0.6) is 5.75 Å². The van der Waals surface area contributed by atoms with Crippen molar-refractivity contribution >= 4 is 11.0 Å². The summed E-state index contributed by atoms with van der Waals surface area (Å²) in [5.41, 5.74) is 1.52. The molecule has 0 bridgehead atoms. The van der Waals surface area contributed by atoms with E-state index in [1.165, 1.54) is 6.20 Å². The van der Waals surface area contributed by atoms with Crippen molar-refractivity contribution < 1.29 is 9.13 Å². The van der Waals surface area contributed by atoms with E-state index in [0.29, 0.717) is 17.6 Å². The standard InChI is InChI=1S/C14H11FN2O/c15-13-11-6-7-16-14(11)17-8-12(13)18-9-10-4-2-1-3-5-10/h1-8H,9H2,(H,16,17). The van der Waals surface area contributed by atoms with Crippen molar-refractivity contribution in [1.82, 2.24) is 9.97 Å². The van der Waals surface area contributed by atoms with Gasteiger partial charge in [-0.15, -0.1) is 0 Å². The van der Waals surface area contributed by atoms with Gasteiger partial charge in [0.05, 0.1) is 11.6 Å². The van der Waals surface area contributed by atoms with E-state index in [1.54, 1.807) is 12.3 Å². The van der Waals surface area contributed by atoms with Crippen molar-refractivity contribution in [2.24, 2.45) is 0 Å². The first-order valence-electron chi connectivity index (χ1n) is 5.63. The van der Waals surface area contributed by atoms with Crippen LogP contribution in [0, 0.1) is 5.82 Å². The van der Waals surface area contributed by atoms with Gasteiger partial charge in [-0.3, -0.25) is 0 Å². The minimum absolute atomic E-state index is 0.172. The van der Waals surface area contributed by atoms with Gasteiger partial charge >= 0.3 is 0 Å². The molecule has 0 saturated heterocycles. The quantitative estimate of drug-likeness (QED) is 0.765. The highest BCUT2D eigenvalue weighted by Crippen LogP contribution is 2.24. The molecule has 1 N–H and O–H groups in total. The monoisotopic (exact) mass is 242 g/mol. The normalized spacial score (nSPS) is 10.7. The lowest BCUT2D eigenvalue weighted by atomic mass is 10.2. The second-order valence-electron chi connectivity index (χ2n) is 3.95. The Morgan fingerprint density at radius 2 is 2.00 bits per heavy atom. The summed E-state index contributed by atoms with van der Waals surface area (Å²) in [6, 6.07) is 11.3. The number of aromatic amines is 1. The van der Waals surface area contributed by atoms with Crippen molar-refractivity contribution in [3.05, 3.63) is 60.2 Å². The van der Waals surface area contributed by atoms with Gasteiger partial charge in [-0.25, -0.2) is 9.37 Å². The summed E-state index contributed by atoms with van der Waals surface area (Å²) in [7, 11) is 0. The highest BCUT2D eigenvalue weighted by atomic mass is 19.1. The van der Waals surface area contributed by atoms with Gasteiger partial charge in [0.2, 0.25) is 0 Å². The minimum Gasteiger partial charge on any atom is -0.484 e. The number of nitrogens with zero attached hydrogens (tertiary/aromatic N) is 1. The fourth-order valence-electron chi connectivity index (χ4n) is 1.79. The molecule has 2 aromatic heterocycles. The molecule has 0 fully saturated rings. The van der Waals surface area contributed by atoms with Gasteiger partial charge in [-0.2, -0.15) is 0 Å². The Bertz CT molecular complexity index is 664. The van der Waals surface area contributed by atoms with Gasteiger partial charge in [0.25, 0.3) is 0 Å². The minimum atomic E-state index is -0.378. The van der Waals surface area contributed by atoms with E-state index >= 15 is 0 Å². The van der Waals surface area contributed by atoms with Crippen molar-refractivity contribution in [3.8, 4) is 5.75 Å². The number of hydrogen-bond donors (Lipinski definition) is 1. The molecule has 90 valence electrons. The highest BCUT2D eigenvalue weighted by Gasteiger charge is 2.10. The van der Waals surface area contributed by atoms with Gasteiger partial charge < -0.3 is 9.72 Å². The lowest BCUT2D eigenvalue weighted by molar-refractivity contribution is 0.290. The Labute approximate surface area is 103 Å². The molecule has 2 heterocycles. The first-order valence-corrected chi connectivity index (χ1v) is 5.63. The average Bonchev–Trinajstić information content (AvgIpc) is 2.88. The fourth-order valence-corrected chi connectivity index (χ4v) is 1.79. The van der Waals surface area contributed by atoms with E-state index in [1.807, 2.05) is 30.3 Å². The van der Waals surface area contributed by atoms with Crippen LogP contribution in [0.15, 0.2) is 48.8 Å². The smallest absolute Gasteiger partial charge is 0.177 e. The average molecular weight is 242 g/mol. The second kappa shape index (κ2) is 4.49. The molecule has 0 radical (unpaired) electrons. The summed E-state index contributed by atoms with van der Waals surface area (Å²) in [6.07, 6.45) is 3.05. The number of aromatic nitrogens is 2. The molecule has 3 aromatic rings. The Morgan fingerprint density at radius 3 is 2.83 bits per heavy atom. The van der Waals surface area contributed by atoms with Gasteiger partial charge in [-0.05, 0) is 11.6 Å². The van der Waals surface area contributed by atoms with Crippen LogP contribution in [0.4, 0.5) is 4.39 Å². The predicted molar refractivity (Wildman–Crippen MR) is 66.8 cm³/mol. The molecule has 0 unspecified atom stereocenters. The maximum atomic E-state index is 14.0. The topological polar surface area (TPSA) is 37.9 Å². The molecule has 0 spiro atoms. The van der Waals surface area contributed by atoms with Crippen LogP contribution < -0.4 is 4.74 Å². The van der Waals surface area contributed by atoms with Crippen LogP contribution in [-0.2, 0) is 6.61 Å². The summed E-state index contributed by atoms with van der Waals surface area (Å²) >= 11 is 0. The lowest BCUT2D eigenvalue weighted by Crippen LogP contribution is -1.98. The Kier molecular flexibility index (Phi) is 2.68. The summed E-state index contributed by atoms with van der Waals surface area (Å²) in [6.45, 7) is 0.329. The second-order valence-corrected chi connectivity index (χ2v) is 3.95. The molecular weight excluding hydrogens is 231 g/mol. The number of rotatable bonds is 3. The maximum Gasteiger partial charge on any atom is 0.177 e. The number of pyridine rings is 1. The summed E-state index contributed by atoms with van der Waals surface area (Å²) < 4.78 is 19.5. The highest BCUT2D eigenvalue weighted by molar-refractivity contribution is 5.77. The molecule has 0 amide bonds. The number of halogens is 1. The number of hydrogen-bond acceptors (Lipinski definition) is 2. The molecule has 3 rings (SSSR count). The van der Waals surface area contributed by atoms with E-state index in [-0.39, 0.29) is 11.6 Å². The number of nitrogens with one attached hydrogen (secondary N) is 1. The third-order valence-corrected chi connectivity index (χ3v) is 2.73. The summed E-state index contributed by atoms with van der Waals surface area (Å²) in [5, 5.41) is 0.445. The summed E-state index contributed by atoms with van der Waals surface area (Å²) in [5.74, 6) is -0.205. The van der Waals surface area contributed by atoms with Crippen molar-refractivity contribution in [2.75, 3.05) is 0 Å². The Morgan fingerprint density at radius 1 is 1.17 bits per heavy atom. The molecule has 18 heavy (non-hydrogen) atoms. The Balaban J connectivity index is 1.84. The lowest BCUT2D eigenvalue weighted by Gasteiger charge is -2.07. The SMILES string of the molecule is Fc1c(OCc2ccccc2)cnc2[nH]ccc12. The van der Waals surface area contributed by atoms with Gasteiger partial charge in [0, 0.05) is 6.20 Å². The number of ether oxygens (including phenoxy) is 1. The van der Waals surface area contributed by atoms with Gasteiger partial charge in [-0.1, -0.05) is 30.3 Å². The molecule has 1 aromatic carbocycles. The van der Waals surface area contributed by atoms with E-state index in [2.05, 4.69) is 9.97 Å². The third kappa shape index (κ3) is 1.93. The fraction of sp³-hybridized carbons (Fsp3) is 0.0714. The molecule has 0 atom stereocenters. The van der Waals surface area contributed by atoms with E-state index in [4.69, 9.17) is 4.74 Å². The zero-order valence-corrected chi connectivity index (χ0v) is 9.56. The first kappa shape index (κ1) is 10.8. The van der Waals surface area contributed by atoms with Crippen LogP contribution in [0.2, 0.25) is 0 Å². The third-order valence-electron chi connectivity index (χ3n) is 2.73. The van der Waals surface area contributed by atoms with Crippen LogP contribution in [0.1, 0.15) is 5.56 Å². The number of fused-ring (bicyclic) bond motifs is 1. The van der Waals surface area contributed by atoms with E-state index < -0.39 is 0 Å². The van der Waals surface area contributed by atoms with E-state index in [0.717, 1.165) is 5.56 Å². The number of benzene rings is 1. The van der Waals surface area contributed by atoms with Crippen molar-refractivity contribution in [3.63, 3.8) is 0 Å². The van der Waals surface area contributed by atoms with Crippen molar-refractivity contribution in [1.29, 1.82) is 0 Å². The first-order chi connectivity index (χ1) is 8.84. The number of H-pyrrole nitrogens is 1. The zero-order chi connectivity index (χ0) is 12.4. The van der Waals surface area contributed by atoms with Crippen LogP contribution >= 0.6 is 0 Å². The molecule has 0 aliphatic rings. The van der Waals surface area contributed by atoms with Crippen LogP contribution in [0.3, 0.4) is 0 Å². The molecule has 0 aliphatic carbocycles. The molecule has 4 heteroatoms. The van der Waals surface area contributed by atoms with E-state index in [9.17, 15) is 4.39 Å². The van der Waals surface area contributed by atoms with Crippen LogP contribution in [-0.4, -0.2) is 9.97 Å². The predicted octanol–water partition coefficient (Wildman–Crippen LogP) is 3.28. The zero-order valence-electron chi connectivity index (χ0n) is 9.56. The largest absolute Gasteiger partial charge is 0.484 e. The molecule has 0 aliphatic heterocycles. The molecular formula is C14H11FN2O. The van der Waals surface area contributed by atoms with Crippen LogP contribution in [0.25, 0.3) is 11.0 Å². The molecule has 0 saturated carbocycles. The van der Waals surface area contributed by atoms with Gasteiger partial charge in [0.15, 0.2) is 11.6 Å². The van der Waals surface area contributed by atoms with Gasteiger partial charge in [0.1, 0.15) is 12.3 Å².